The molecule has 0 amide bonds. The fourth-order valence-corrected chi connectivity index (χ4v) is 1.41. The first kappa shape index (κ1) is 12.0. The molecule has 1 aromatic rings. The first-order chi connectivity index (χ1) is 7.00. The molecule has 15 heavy (non-hydrogen) atoms. The van der Waals surface area contributed by atoms with Gasteiger partial charge in [-0.1, -0.05) is 6.92 Å². The number of halogens is 3. The van der Waals surface area contributed by atoms with E-state index in [1.165, 1.54) is 10.8 Å². The average molecular weight is 221 g/mol. The number of aryl methyl sites for hydroxylation is 1. The molecule has 1 unspecified atom stereocenters. The van der Waals surface area contributed by atoms with Gasteiger partial charge in [0, 0.05) is 18.9 Å². The van der Waals surface area contributed by atoms with Gasteiger partial charge in [0.25, 0.3) is 0 Å². The van der Waals surface area contributed by atoms with Crippen LogP contribution in [0.25, 0.3) is 0 Å². The zero-order valence-electron chi connectivity index (χ0n) is 8.67. The van der Waals surface area contributed by atoms with E-state index >= 15 is 0 Å². The van der Waals surface area contributed by atoms with Gasteiger partial charge in [-0.25, -0.2) is 4.98 Å². The zero-order chi connectivity index (χ0) is 11.5. The number of alkyl halides is 3. The molecule has 0 radical (unpaired) electrons. The van der Waals surface area contributed by atoms with Gasteiger partial charge in [-0.3, -0.25) is 0 Å². The number of hydrogen-bond acceptors (Lipinski definition) is 2. The summed E-state index contributed by atoms with van der Waals surface area (Å²) >= 11 is 0. The molecular formula is C9H14F3N3. The summed E-state index contributed by atoms with van der Waals surface area (Å²) in [5, 5.41) is 2.39. The van der Waals surface area contributed by atoms with Crippen molar-refractivity contribution in [1.82, 2.24) is 14.9 Å². The number of nitrogens with one attached hydrogen (secondary N) is 1. The Morgan fingerprint density at radius 1 is 1.47 bits per heavy atom. The largest absolute Gasteiger partial charge is 0.410 e. The summed E-state index contributed by atoms with van der Waals surface area (Å²) in [6.45, 7) is 4.15. The van der Waals surface area contributed by atoms with Crippen LogP contribution in [0.4, 0.5) is 13.2 Å². The lowest BCUT2D eigenvalue weighted by atomic mass is 10.2. The van der Waals surface area contributed by atoms with Crippen molar-refractivity contribution in [2.24, 2.45) is 0 Å². The Kier molecular flexibility index (Phi) is 3.73. The van der Waals surface area contributed by atoms with Crippen molar-refractivity contribution >= 4 is 0 Å². The van der Waals surface area contributed by atoms with Crippen LogP contribution in [0, 0.1) is 0 Å². The Labute approximate surface area is 86.3 Å². The molecule has 0 aliphatic rings. The lowest BCUT2D eigenvalue weighted by Gasteiger charge is -2.21. The molecule has 3 nitrogen and oxygen atoms in total. The van der Waals surface area contributed by atoms with Gasteiger partial charge in [0.2, 0.25) is 0 Å². The summed E-state index contributed by atoms with van der Waals surface area (Å²) in [4.78, 5) is 3.75. The average Bonchev–Trinajstić information content (AvgIpc) is 2.59. The quantitative estimate of drug-likeness (QED) is 0.844. The van der Waals surface area contributed by atoms with E-state index in [9.17, 15) is 13.2 Å². The molecule has 0 saturated carbocycles. The third-order valence-corrected chi connectivity index (χ3v) is 2.08. The molecule has 0 spiro atoms. The molecule has 1 N–H and O–H groups in total. The van der Waals surface area contributed by atoms with E-state index in [0.717, 1.165) is 0 Å². The molecule has 86 valence electrons. The van der Waals surface area contributed by atoms with E-state index in [1.54, 1.807) is 20.0 Å². The van der Waals surface area contributed by atoms with E-state index in [-0.39, 0.29) is 12.4 Å². The number of hydrogen-bond donors (Lipinski definition) is 1. The van der Waals surface area contributed by atoms with Crippen molar-refractivity contribution in [2.45, 2.75) is 32.6 Å². The summed E-state index contributed by atoms with van der Waals surface area (Å²) in [5.74, 6) is 0.0202. The molecule has 0 bridgehead atoms. The predicted molar refractivity (Wildman–Crippen MR) is 50.4 cm³/mol. The van der Waals surface area contributed by atoms with Crippen LogP contribution < -0.4 is 5.32 Å². The fraction of sp³-hybridized carbons (Fsp3) is 0.667. The summed E-state index contributed by atoms with van der Waals surface area (Å²) in [6, 6.07) is -1.68. The number of imidazole rings is 1. The normalized spacial score (nSPS) is 14.2. The highest BCUT2D eigenvalue weighted by Crippen LogP contribution is 2.31. The second-order valence-corrected chi connectivity index (χ2v) is 3.10. The summed E-state index contributed by atoms with van der Waals surface area (Å²) in [5.41, 5.74) is 0. The van der Waals surface area contributed by atoms with Gasteiger partial charge in [0.15, 0.2) is 6.04 Å². The maximum absolute atomic E-state index is 12.7. The summed E-state index contributed by atoms with van der Waals surface area (Å²) in [6.07, 6.45) is -1.38. The Morgan fingerprint density at radius 3 is 2.60 bits per heavy atom. The molecule has 1 rings (SSSR count). The first-order valence-electron chi connectivity index (χ1n) is 4.81. The molecule has 0 aromatic carbocycles. The van der Waals surface area contributed by atoms with Crippen molar-refractivity contribution in [3.8, 4) is 0 Å². The van der Waals surface area contributed by atoms with Crippen LogP contribution in [0.1, 0.15) is 25.7 Å². The van der Waals surface area contributed by atoms with Crippen molar-refractivity contribution in [1.29, 1.82) is 0 Å². The van der Waals surface area contributed by atoms with E-state index in [2.05, 4.69) is 10.3 Å². The Bertz CT molecular complexity index is 306. The SMILES string of the molecule is CCNC(c1nccn1CC)C(F)(F)F. The van der Waals surface area contributed by atoms with Gasteiger partial charge >= 0.3 is 6.18 Å². The van der Waals surface area contributed by atoms with Gasteiger partial charge in [0.05, 0.1) is 0 Å². The molecule has 6 heteroatoms. The summed E-state index contributed by atoms with van der Waals surface area (Å²) < 4.78 is 39.5. The van der Waals surface area contributed by atoms with E-state index < -0.39 is 12.2 Å². The Morgan fingerprint density at radius 2 is 2.13 bits per heavy atom. The van der Waals surface area contributed by atoms with Crippen LogP contribution >= 0.6 is 0 Å². The van der Waals surface area contributed by atoms with Crippen molar-refractivity contribution in [3.05, 3.63) is 18.2 Å². The number of rotatable bonds is 4. The standard InChI is InChI=1S/C9H14F3N3/c1-3-13-7(9(10,11)12)8-14-5-6-15(8)4-2/h5-7,13H,3-4H2,1-2H3. The highest BCUT2D eigenvalue weighted by atomic mass is 19.4. The van der Waals surface area contributed by atoms with Crippen molar-refractivity contribution in [3.63, 3.8) is 0 Å². The Hall–Kier alpha value is -1.04. The lowest BCUT2D eigenvalue weighted by Crippen LogP contribution is -2.36. The van der Waals surface area contributed by atoms with Crippen LogP contribution in [-0.4, -0.2) is 22.3 Å². The topological polar surface area (TPSA) is 29.9 Å². The first-order valence-corrected chi connectivity index (χ1v) is 4.81. The summed E-state index contributed by atoms with van der Waals surface area (Å²) in [7, 11) is 0. The van der Waals surface area contributed by atoms with Crippen LogP contribution in [0.2, 0.25) is 0 Å². The van der Waals surface area contributed by atoms with Crippen LogP contribution in [0.3, 0.4) is 0 Å². The molecule has 0 fully saturated rings. The highest BCUT2D eigenvalue weighted by molar-refractivity contribution is 5.02. The van der Waals surface area contributed by atoms with Crippen LogP contribution in [0.15, 0.2) is 12.4 Å². The molecular weight excluding hydrogens is 207 g/mol. The maximum atomic E-state index is 12.7. The van der Waals surface area contributed by atoms with Crippen LogP contribution in [0.5, 0.6) is 0 Å². The van der Waals surface area contributed by atoms with Gasteiger partial charge in [-0.15, -0.1) is 0 Å². The third-order valence-electron chi connectivity index (χ3n) is 2.08. The van der Waals surface area contributed by atoms with Crippen molar-refractivity contribution in [2.75, 3.05) is 6.54 Å². The second-order valence-electron chi connectivity index (χ2n) is 3.10. The maximum Gasteiger partial charge on any atom is 0.410 e. The predicted octanol–water partition coefficient (Wildman–Crippen LogP) is 2.12. The van der Waals surface area contributed by atoms with Gasteiger partial charge in [-0.2, -0.15) is 13.2 Å². The molecule has 0 aliphatic heterocycles. The molecule has 1 aromatic heterocycles. The fourth-order valence-electron chi connectivity index (χ4n) is 1.41. The molecule has 0 saturated heterocycles. The van der Waals surface area contributed by atoms with Gasteiger partial charge in [0.1, 0.15) is 5.82 Å². The van der Waals surface area contributed by atoms with Gasteiger partial charge < -0.3 is 9.88 Å². The number of aromatic nitrogens is 2. The van der Waals surface area contributed by atoms with Crippen LogP contribution in [-0.2, 0) is 6.54 Å². The molecule has 1 heterocycles. The minimum atomic E-state index is -4.31. The van der Waals surface area contributed by atoms with Crippen molar-refractivity contribution < 1.29 is 13.2 Å². The molecule has 0 aliphatic carbocycles. The Balaban J connectivity index is 2.99. The smallest absolute Gasteiger partial charge is 0.334 e. The minimum Gasteiger partial charge on any atom is -0.334 e. The second kappa shape index (κ2) is 4.65. The highest BCUT2D eigenvalue weighted by Gasteiger charge is 2.42. The third kappa shape index (κ3) is 2.71. The molecule has 1 atom stereocenters. The van der Waals surface area contributed by atoms with E-state index in [4.69, 9.17) is 0 Å². The lowest BCUT2D eigenvalue weighted by molar-refractivity contribution is -0.159. The van der Waals surface area contributed by atoms with E-state index in [1.807, 2.05) is 0 Å². The van der Waals surface area contributed by atoms with Gasteiger partial charge in [-0.05, 0) is 13.5 Å². The monoisotopic (exact) mass is 221 g/mol. The zero-order valence-corrected chi connectivity index (χ0v) is 8.67. The minimum absolute atomic E-state index is 0.0202. The number of nitrogens with zero attached hydrogens (tertiary/aromatic N) is 2. The van der Waals surface area contributed by atoms with E-state index in [0.29, 0.717) is 6.54 Å².